The first kappa shape index (κ1) is 13.1. The summed E-state index contributed by atoms with van der Waals surface area (Å²) in [7, 11) is 0. The highest BCUT2D eigenvalue weighted by molar-refractivity contribution is 5.99. The van der Waals surface area contributed by atoms with Crippen molar-refractivity contribution < 1.29 is 14.3 Å². The summed E-state index contributed by atoms with van der Waals surface area (Å²) < 4.78 is 4.94. The Balaban J connectivity index is 1.92. The van der Waals surface area contributed by atoms with Crippen molar-refractivity contribution in [3.8, 4) is 0 Å². The van der Waals surface area contributed by atoms with E-state index in [1.165, 1.54) is 5.56 Å². The van der Waals surface area contributed by atoms with E-state index in [2.05, 4.69) is 11.9 Å². The first-order valence-electron chi connectivity index (χ1n) is 6.13. The monoisotopic (exact) mass is 257 g/mol. The fraction of sp³-hybridized carbons (Fsp3) is 0.200. The van der Waals surface area contributed by atoms with Crippen molar-refractivity contribution in [3.63, 3.8) is 0 Å². The molecule has 0 bridgehead atoms. The van der Waals surface area contributed by atoms with E-state index in [1.54, 1.807) is 30.5 Å². The van der Waals surface area contributed by atoms with Gasteiger partial charge in [0.25, 0.3) is 0 Å². The Morgan fingerprint density at radius 2 is 1.89 bits per heavy atom. The minimum Gasteiger partial charge on any atom is -0.453 e. The van der Waals surface area contributed by atoms with E-state index in [0.717, 1.165) is 6.42 Å². The number of hydrogen-bond acceptors (Lipinski definition) is 3. The minimum absolute atomic E-state index is 0.206. The molecule has 19 heavy (non-hydrogen) atoms. The summed E-state index contributed by atoms with van der Waals surface area (Å²) in [5.74, 6) is -0.730. The second kappa shape index (κ2) is 6.00. The standard InChI is InChI=1S/C15H15NO3/c1-2-11-5-7-12(8-6-11)14(17)10-19-15(18)13-4-3-9-16-13/h3-9,16H,2,10H2,1H3. The van der Waals surface area contributed by atoms with Crippen molar-refractivity contribution in [2.45, 2.75) is 13.3 Å². The normalized spacial score (nSPS) is 10.2. The molecular formula is C15H15NO3. The average Bonchev–Trinajstić information content (AvgIpc) is 2.98. The highest BCUT2D eigenvalue weighted by Gasteiger charge is 2.11. The molecule has 0 spiro atoms. The molecule has 2 aromatic rings. The number of ketones is 1. The minimum atomic E-state index is -0.525. The number of rotatable bonds is 5. The van der Waals surface area contributed by atoms with Crippen LogP contribution in [0.3, 0.4) is 0 Å². The van der Waals surface area contributed by atoms with Gasteiger partial charge in [-0.1, -0.05) is 31.2 Å². The number of ether oxygens (including phenoxy) is 1. The largest absolute Gasteiger partial charge is 0.453 e. The lowest BCUT2D eigenvalue weighted by atomic mass is 10.1. The summed E-state index contributed by atoms with van der Waals surface area (Å²) in [5, 5.41) is 0. The van der Waals surface area contributed by atoms with Gasteiger partial charge in [-0.15, -0.1) is 0 Å². The van der Waals surface area contributed by atoms with Crippen molar-refractivity contribution in [2.75, 3.05) is 6.61 Å². The molecule has 0 radical (unpaired) electrons. The van der Waals surface area contributed by atoms with E-state index in [9.17, 15) is 9.59 Å². The molecule has 0 aliphatic rings. The fourth-order valence-electron chi connectivity index (χ4n) is 1.68. The number of benzene rings is 1. The molecule has 0 aliphatic heterocycles. The SMILES string of the molecule is CCc1ccc(C(=O)COC(=O)c2ccc[nH]2)cc1. The molecule has 0 aliphatic carbocycles. The lowest BCUT2D eigenvalue weighted by Gasteiger charge is -2.04. The van der Waals surface area contributed by atoms with E-state index in [4.69, 9.17) is 4.74 Å². The molecule has 1 N–H and O–H groups in total. The van der Waals surface area contributed by atoms with Gasteiger partial charge >= 0.3 is 5.97 Å². The Morgan fingerprint density at radius 1 is 1.16 bits per heavy atom. The van der Waals surface area contributed by atoms with Gasteiger partial charge in [0.1, 0.15) is 5.69 Å². The van der Waals surface area contributed by atoms with Crippen LogP contribution in [0.2, 0.25) is 0 Å². The number of aromatic amines is 1. The molecule has 0 atom stereocenters. The van der Waals surface area contributed by atoms with E-state index >= 15 is 0 Å². The summed E-state index contributed by atoms with van der Waals surface area (Å²) in [6, 6.07) is 10.6. The quantitative estimate of drug-likeness (QED) is 0.661. The molecule has 0 amide bonds. The zero-order valence-corrected chi connectivity index (χ0v) is 10.7. The van der Waals surface area contributed by atoms with Crippen LogP contribution in [-0.2, 0) is 11.2 Å². The fourth-order valence-corrected chi connectivity index (χ4v) is 1.68. The molecule has 2 rings (SSSR count). The number of H-pyrrole nitrogens is 1. The molecule has 0 saturated heterocycles. The van der Waals surface area contributed by atoms with E-state index in [1.807, 2.05) is 12.1 Å². The smallest absolute Gasteiger partial charge is 0.355 e. The van der Waals surface area contributed by atoms with Crippen molar-refractivity contribution in [3.05, 3.63) is 59.4 Å². The number of esters is 1. The molecule has 98 valence electrons. The van der Waals surface area contributed by atoms with Crippen LogP contribution in [0.15, 0.2) is 42.6 Å². The van der Waals surface area contributed by atoms with Crippen LogP contribution in [0.25, 0.3) is 0 Å². The Labute approximate surface area is 111 Å². The molecule has 0 fully saturated rings. The topological polar surface area (TPSA) is 59.2 Å². The highest BCUT2D eigenvalue weighted by Crippen LogP contribution is 2.07. The lowest BCUT2D eigenvalue weighted by Crippen LogP contribution is -2.14. The van der Waals surface area contributed by atoms with Gasteiger partial charge in [0, 0.05) is 11.8 Å². The van der Waals surface area contributed by atoms with Crippen molar-refractivity contribution in [1.82, 2.24) is 4.98 Å². The van der Waals surface area contributed by atoms with Crippen molar-refractivity contribution in [2.24, 2.45) is 0 Å². The highest BCUT2D eigenvalue weighted by atomic mass is 16.5. The van der Waals surface area contributed by atoms with Gasteiger partial charge < -0.3 is 9.72 Å². The molecule has 1 aromatic heterocycles. The summed E-state index contributed by atoms with van der Waals surface area (Å²) in [5.41, 5.74) is 2.06. The maximum absolute atomic E-state index is 11.8. The number of aryl methyl sites for hydroxylation is 1. The summed E-state index contributed by atoms with van der Waals surface area (Å²) in [6.45, 7) is 1.80. The van der Waals surface area contributed by atoms with E-state index < -0.39 is 5.97 Å². The maximum Gasteiger partial charge on any atom is 0.355 e. The van der Waals surface area contributed by atoms with Gasteiger partial charge in [-0.25, -0.2) is 4.79 Å². The first-order chi connectivity index (χ1) is 9.20. The van der Waals surface area contributed by atoms with Crippen LogP contribution < -0.4 is 0 Å². The average molecular weight is 257 g/mol. The molecule has 1 heterocycles. The van der Waals surface area contributed by atoms with Crippen LogP contribution in [0.1, 0.15) is 33.3 Å². The summed E-state index contributed by atoms with van der Waals surface area (Å²) in [6.07, 6.45) is 2.55. The van der Waals surface area contributed by atoms with E-state index in [0.29, 0.717) is 11.3 Å². The van der Waals surface area contributed by atoms with Gasteiger partial charge in [-0.2, -0.15) is 0 Å². The number of nitrogens with one attached hydrogen (secondary N) is 1. The van der Waals surface area contributed by atoms with Gasteiger partial charge in [0.2, 0.25) is 0 Å². The predicted octanol–water partition coefficient (Wildman–Crippen LogP) is 2.62. The summed E-state index contributed by atoms with van der Waals surface area (Å²) >= 11 is 0. The zero-order chi connectivity index (χ0) is 13.7. The lowest BCUT2D eigenvalue weighted by molar-refractivity contribution is 0.0469. The molecule has 1 aromatic carbocycles. The Bertz CT molecular complexity index is 556. The van der Waals surface area contributed by atoms with Crippen LogP contribution in [-0.4, -0.2) is 23.3 Å². The van der Waals surface area contributed by atoms with Gasteiger partial charge in [0.15, 0.2) is 12.4 Å². The van der Waals surface area contributed by atoms with Crippen LogP contribution in [0, 0.1) is 0 Å². The Hall–Kier alpha value is -2.36. The van der Waals surface area contributed by atoms with Crippen LogP contribution in [0.4, 0.5) is 0 Å². The molecule has 4 heteroatoms. The van der Waals surface area contributed by atoms with Gasteiger partial charge in [-0.3, -0.25) is 4.79 Å². The van der Waals surface area contributed by atoms with Crippen LogP contribution >= 0.6 is 0 Å². The number of Topliss-reactive ketones (excluding diaryl/α,β-unsaturated/α-hetero) is 1. The first-order valence-corrected chi connectivity index (χ1v) is 6.13. The number of aromatic nitrogens is 1. The maximum atomic E-state index is 11.8. The number of carbonyl (C=O) groups excluding carboxylic acids is 2. The molecule has 0 unspecified atom stereocenters. The third-order valence-corrected chi connectivity index (χ3v) is 2.84. The van der Waals surface area contributed by atoms with E-state index in [-0.39, 0.29) is 12.4 Å². The van der Waals surface area contributed by atoms with Crippen molar-refractivity contribution in [1.29, 1.82) is 0 Å². The predicted molar refractivity (Wildman–Crippen MR) is 71.2 cm³/mol. The third-order valence-electron chi connectivity index (χ3n) is 2.84. The Morgan fingerprint density at radius 3 is 2.47 bits per heavy atom. The number of hydrogen-bond donors (Lipinski definition) is 1. The van der Waals surface area contributed by atoms with Crippen LogP contribution in [0.5, 0.6) is 0 Å². The second-order valence-electron chi connectivity index (χ2n) is 4.13. The summed E-state index contributed by atoms with van der Waals surface area (Å²) in [4.78, 5) is 26.1. The molecule has 0 saturated carbocycles. The van der Waals surface area contributed by atoms with Gasteiger partial charge in [0.05, 0.1) is 0 Å². The zero-order valence-electron chi connectivity index (χ0n) is 10.7. The van der Waals surface area contributed by atoms with Gasteiger partial charge in [-0.05, 0) is 24.1 Å². The number of carbonyl (C=O) groups is 2. The second-order valence-corrected chi connectivity index (χ2v) is 4.13. The molecule has 4 nitrogen and oxygen atoms in total. The van der Waals surface area contributed by atoms with Crippen molar-refractivity contribution >= 4 is 11.8 Å². The Kier molecular flexibility index (Phi) is 4.13. The third kappa shape index (κ3) is 3.31. The molecular weight excluding hydrogens is 242 g/mol.